The number of hydrogen-bond acceptors (Lipinski definition) is 5. The zero-order chi connectivity index (χ0) is 16.9. The van der Waals surface area contributed by atoms with E-state index in [1.165, 1.54) is 11.8 Å². The summed E-state index contributed by atoms with van der Waals surface area (Å²) in [6.07, 6.45) is 0. The molecule has 2 aromatic heterocycles. The maximum atomic E-state index is 6.35. The lowest BCUT2D eigenvalue weighted by molar-refractivity contribution is 0.394. The summed E-state index contributed by atoms with van der Waals surface area (Å²) in [4.78, 5) is 4.45. The molecule has 0 spiro atoms. The standard InChI is InChI=1S/C17H17ClN4OS/c1-19-11-12-10-17(24-16-9-5-8-15(20-16)23-2)22(21-12)14-7-4-3-6-13(14)18/h3-10,19H,11H2,1-2H3. The van der Waals surface area contributed by atoms with Crippen LogP contribution in [0.2, 0.25) is 5.02 Å². The molecule has 0 amide bonds. The molecule has 0 fully saturated rings. The summed E-state index contributed by atoms with van der Waals surface area (Å²) in [5, 5.41) is 10.2. The molecule has 3 rings (SSSR count). The SMILES string of the molecule is CNCc1cc(Sc2cccc(OC)n2)n(-c2ccccc2Cl)n1. The number of benzene rings is 1. The van der Waals surface area contributed by atoms with Crippen molar-refractivity contribution in [3.8, 4) is 11.6 Å². The molecule has 3 aromatic rings. The summed E-state index contributed by atoms with van der Waals surface area (Å²) in [6, 6.07) is 15.4. The largest absolute Gasteiger partial charge is 0.481 e. The lowest BCUT2D eigenvalue weighted by Crippen LogP contribution is -2.06. The number of rotatable bonds is 6. The Balaban J connectivity index is 2.01. The fourth-order valence-corrected chi connectivity index (χ4v) is 3.35. The van der Waals surface area contributed by atoms with Crippen LogP contribution in [0, 0.1) is 0 Å². The molecule has 0 unspecified atom stereocenters. The second-order valence-corrected chi connectivity index (χ2v) is 6.44. The molecule has 0 aliphatic heterocycles. The van der Waals surface area contributed by atoms with E-state index in [0.717, 1.165) is 21.4 Å². The van der Waals surface area contributed by atoms with Crippen LogP contribution in [0.15, 0.2) is 58.6 Å². The Morgan fingerprint density at radius 3 is 2.79 bits per heavy atom. The van der Waals surface area contributed by atoms with E-state index in [4.69, 9.17) is 16.3 Å². The molecular formula is C17H17ClN4OS. The Kier molecular flexibility index (Phi) is 5.40. The molecule has 1 aromatic carbocycles. The van der Waals surface area contributed by atoms with E-state index in [2.05, 4.69) is 15.4 Å². The summed E-state index contributed by atoms with van der Waals surface area (Å²) < 4.78 is 7.04. The smallest absolute Gasteiger partial charge is 0.213 e. The van der Waals surface area contributed by atoms with Crippen molar-refractivity contribution in [2.75, 3.05) is 14.2 Å². The molecule has 0 atom stereocenters. The number of halogens is 1. The van der Waals surface area contributed by atoms with Crippen LogP contribution in [0.1, 0.15) is 5.69 Å². The van der Waals surface area contributed by atoms with E-state index >= 15 is 0 Å². The van der Waals surface area contributed by atoms with Gasteiger partial charge in [0.2, 0.25) is 5.88 Å². The van der Waals surface area contributed by atoms with Crippen molar-refractivity contribution in [1.82, 2.24) is 20.1 Å². The van der Waals surface area contributed by atoms with Crippen LogP contribution in [0.5, 0.6) is 5.88 Å². The average molecular weight is 361 g/mol. The predicted octanol–water partition coefficient (Wildman–Crippen LogP) is 3.80. The highest BCUT2D eigenvalue weighted by molar-refractivity contribution is 7.99. The second kappa shape index (κ2) is 7.70. The van der Waals surface area contributed by atoms with Crippen LogP contribution in [0.25, 0.3) is 5.69 Å². The molecule has 0 bridgehead atoms. The van der Waals surface area contributed by atoms with Crippen molar-refractivity contribution in [3.63, 3.8) is 0 Å². The van der Waals surface area contributed by atoms with Crippen LogP contribution >= 0.6 is 23.4 Å². The molecule has 0 saturated heterocycles. The van der Waals surface area contributed by atoms with Crippen molar-refractivity contribution in [1.29, 1.82) is 0 Å². The molecule has 0 aliphatic rings. The highest BCUT2D eigenvalue weighted by atomic mass is 35.5. The number of para-hydroxylation sites is 1. The van der Waals surface area contributed by atoms with E-state index in [9.17, 15) is 0 Å². The Morgan fingerprint density at radius 2 is 2.04 bits per heavy atom. The van der Waals surface area contributed by atoms with Gasteiger partial charge in [0.1, 0.15) is 10.1 Å². The molecular weight excluding hydrogens is 344 g/mol. The number of pyridine rings is 1. The quantitative estimate of drug-likeness (QED) is 0.724. The van der Waals surface area contributed by atoms with Crippen LogP contribution < -0.4 is 10.1 Å². The van der Waals surface area contributed by atoms with Gasteiger partial charge in [-0.2, -0.15) is 5.10 Å². The van der Waals surface area contributed by atoms with Gasteiger partial charge >= 0.3 is 0 Å². The van der Waals surface area contributed by atoms with Crippen LogP contribution in [0.4, 0.5) is 0 Å². The monoisotopic (exact) mass is 360 g/mol. The van der Waals surface area contributed by atoms with E-state index in [-0.39, 0.29) is 0 Å². The van der Waals surface area contributed by atoms with Crippen LogP contribution in [0.3, 0.4) is 0 Å². The molecule has 0 aliphatic carbocycles. The Hall–Kier alpha value is -2.02. The predicted molar refractivity (Wildman–Crippen MR) is 96.2 cm³/mol. The maximum absolute atomic E-state index is 6.35. The van der Waals surface area contributed by atoms with Crippen molar-refractivity contribution < 1.29 is 4.74 Å². The Morgan fingerprint density at radius 1 is 1.21 bits per heavy atom. The molecule has 2 heterocycles. The summed E-state index contributed by atoms with van der Waals surface area (Å²) in [5.74, 6) is 0.583. The third-order valence-corrected chi connectivity index (χ3v) is 4.54. The van der Waals surface area contributed by atoms with Gasteiger partial charge in [-0.1, -0.05) is 29.8 Å². The van der Waals surface area contributed by atoms with E-state index in [0.29, 0.717) is 17.4 Å². The normalized spacial score (nSPS) is 10.8. The van der Waals surface area contributed by atoms with Gasteiger partial charge in [-0.3, -0.25) is 0 Å². The Labute approximate surface area is 150 Å². The first kappa shape index (κ1) is 16.8. The summed E-state index contributed by atoms with van der Waals surface area (Å²) in [7, 11) is 3.50. The lowest BCUT2D eigenvalue weighted by Gasteiger charge is -2.08. The number of nitrogens with zero attached hydrogens (tertiary/aromatic N) is 3. The highest BCUT2D eigenvalue weighted by Gasteiger charge is 2.14. The van der Waals surface area contributed by atoms with Crippen LogP contribution in [-0.4, -0.2) is 28.9 Å². The van der Waals surface area contributed by atoms with Gasteiger partial charge in [-0.25, -0.2) is 9.67 Å². The fraction of sp³-hybridized carbons (Fsp3) is 0.176. The summed E-state index contributed by atoms with van der Waals surface area (Å²) >= 11 is 7.86. The van der Waals surface area contributed by atoms with E-state index in [1.807, 2.05) is 60.3 Å². The number of hydrogen-bond donors (Lipinski definition) is 1. The van der Waals surface area contributed by atoms with Gasteiger partial charge in [0.15, 0.2) is 0 Å². The minimum Gasteiger partial charge on any atom is -0.481 e. The molecule has 0 radical (unpaired) electrons. The van der Waals surface area contributed by atoms with Crippen LogP contribution in [-0.2, 0) is 6.54 Å². The molecule has 7 heteroatoms. The van der Waals surface area contributed by atoms with Gasteiger partial charge in [0, 0.05) is 12.6 Å². The van der Waals surface area contributed by atoms with Crippen molar-refractivity contribution in [2.45, 2.75) is 16.6 Å². The zero-order valence-electron chi connectivity index (χ0n) is 13.4. The Bertz CT molecular complexity index is 837. The first-order valence-corrected chi connectivity index (χ1v) is 8.58. The minimum atomic E-state index is 0.583. The average Bonchev–Trinajstić information content (AvgIpc) is 2.98. The third-order valence-electron chi connectivity index (χ3n) is 3.28. The maximum Gasteiger partial charge on any atom is 0.213 e. The summed E-state index contributed by atoms with van der Waals surface area (Å²) in [5.41, 5.74) is 1.77. The topological polar surface area (TPSA) is 52.0 Å². The van der Waals surface area contributed by atoms with Gasteiger partial charge in [0.05, 0.1) is 23.5 Å². The summed E-state index contributed by atoms with van der Waals surface area (Å²) in [6.45, 7) is 0.677. The highest BCUT2D eigenvalue weighted by Crippen LogP contribution is 2.32. The van der Waals surface area contributed by atoms with Crippen molar-refractivity contribution in [3.05, 3.63) is 59.2 Å². The van der Waals surface area contributed by atoms with E-state index < -0.39 is 0 Å². The van der Waals surface area contributed by atoms with Crippen molar-refractivity contribution >= 4 is 23.4 Å². The lowest BCUT2D eigenvalue weighted by atomic mass is 10.3. The van der Waals surface area contributed by atoms with Gasteiger partial charge in [-0.05, 0) is 43.1 Å². The number of nitrogens with one attached hydrogen (secondary N) is 1. The van der Waals surface area contributed by atoms with Gasteiger partial charge < -0.3 is 10.1 Å². The second-order valence-electron chi connectivity index (χ2n) is 4.99. The number of methoxy groups -OCH3 is 1. The zero-order valence-corrected chi connectivity index (χ0v) is 14.9. The van der Waals surface area contributed by atoms with E-state index in [1.54, 1.807) is 7.11 Å². The molecule has 124 valence electrons. The first-order valence-electron chi connectivity index (χ1n) is 7.38. The number of aromatic nitrogens is 3. The first-order chi connectivity index (χ1) is 11.7. The molecule has 1 N–H and O–H groups in total. The molecule has 0 saturated carbocycles. The van der Waals surface area contributed by atoms with Crippen molar-refractivity contribution in [2.24, 2.45) is 0 Å². The number of ether oxygens (including phenoxy) is 1. The van der Waals surface area contributed by atoms with Gasteiger partial charge in [-0.15, -0.1) is 0 Å². The third kappa shape index (κ3) is 3.72. The molecule has 24 heavy (non-hydrogen) atoms. The fourth-order valence-electron chi connectivity index (χ4n) is 2.22. The van der Waals surface area contributed by atoms with Gasteiger partial charge in [0.25, 0.3) is 0 Å². The minimum absolute atomic E-state index is 0.583. The molecule has 5 nitrogen and oxygen atoms in total.